The lowest BCUT2D eigenvalue weighted by Gasteiger charge is -2.34. The highest BCUT2D eigenvalue weighted by Gasteiger charge is 2.29. The van der Waals surface area contributed by atoms with Crippen molar-refractivity contribution in [3.8, 4) is 0 Å². The average Bonchev–Trinajstić information content (AvgIpc) is 2.39. The first-order chi connectivity index (χ1) is 8.79. The standard InChI is InChI=1S/C14H23N3S/c1-3-6-16-12-5-4-11(2)9-13(12)18-14-10-15-7-8-17-14/h7-8,10-13,16H,3-6,9H2,1-2H3. The van der Waals surface area contributed by atoms with Gasteiger partial charge in [-0.2, -0.15) is 0 Å². The van der Waals surface area contributed by atoms with Crippen molar-refractivity contribution in [2.24, 2.45) is 5.92 Å². The van der Waals surface area contributed by atoms with Gasteiger partial charge in [0.1, 0.15) is 5.03 Å². The number of rotatable bonds is 5. The minimum absolute atomic E-state index is 0.633. The average molecular weight is 265 g/mol. The molecule has 100 valence electrons. The van der Waals surface area contributed by atoms with E-state index in [1.807, 2.05) is 18.0 Å². The molecular formula is C14H23N3S. The van der Waals surface area contributed by atoms with Crippen LogP contribution in [-0.4, -0.2) is 27.8 Å². The summed E-state index contributed by atoms with van der Waals surface area (Å²) in [5, 5.41) is 5.38. The van der Waals surface area contributed by atoms with Gasteiger partial charge in [0.15, 0.2) is 0 Å². The van der Waals surface area contributed by atoms with E-state index in [-0.39, 0.29) is 0 Å². The zero-order valence-corrected chi connectivity index (χ0v) is 12.1. The van der Waals surface area contributed by atoms with Gasteiger partial charge in [-0.15, -0.1) is 0 Å². The smallest absolute Gasteiger partial charge is 0.115 e. The predicted octanol–water partition coefficient (Wildman–Crippen LogP) is 3.13. The van der Waals surface area contributed by atoms with Gasteiger partial charge < -0.3 is 5.32 Å². The van der Waals surface area contributed by atoms with E-state index in [0.717, 1.165) is 17.5 Å². The highest BCUT2D eigenvalue weighted by molar-refractivity contribution is 7.99. The van der Waals surface area contributed by atoms with Crippen molar-refractivity contribution in [2.75, 3.05) is 6.54 Å². The summed E-state index contributed by atoms with van der Waals surface area (Å²) in [7, 11) is 0. The SMILES string of the molecule is CCCNC1CCC(C)CC1Sc1cnccn1. The topological polar surface area (TPSA) is 37.8 Å². The van der Waals surface area contributed by atoms with Gasteiger partial charge in [0.25, 0.3) is 0 Å². The maximum atomic E-state index is 4.39. The van der Waals surface area contributed by atoms with Crippen molar-refractivity contribution in [1.82, 2.24) is 15.3 Å². The summed E-state index contributed by atoms with van der Waals surface area (Å²) in [5.41, 5.74) is 0. The van der Waals surface area contributed by atoms with Crippen LogP contribution in [-0.2, 0) is 0 Å². The van der Waals surface area contributed by atoms with Crippen molar-refractivity contribution in [1.29, 1.82) is 0 Å². The molecule has 0 saturated heterocycles. The molecule has 1 aliphatic rings. The van der Waals surface area contributed by atoms with Crippen LogP contribution in [0.3, 0.4) is 0 Å². The molecule has 0 radical (unpaired) electrons. The van der Waals surface area contributed by atoms with Gasteiger partial charge >= 0.3 is 0 Å². The molecule has 1 N–H and O–H groups in total. The first kappa shape index (κ1) is 13.8. The summed E-state index contributed by atoms with van der Waals surface area (Å²) >= 11 is 1.89. The molecule has 1 heterocycles. The van der Waals surface area contributed by atoms with E-state index in [1.54, 1.807) is 12.4 Å². The molecule has 0 spiro atoms. The van der Waals surface area contributed by atoms with Crippen LogP contribution >= 0.6 is 11.8 Å². The fourth-order valence-corrected chi connectivity index (χ4v) is 3.90. The van der Waals surface area contributed by atoms with Crippen molar-refractivity contribution in [3.63, 3.8) is 0 Å². The minimum Gasteiger partial charge on any atom is -0.313 e. The van der Waals surface area contributed by atoms with Crippen molar-refractivity contribution in [3.05, 3.63) is 18.6 Å². The van der Waals surface area contributed by atoms with Crippen LogP contribution in [0.5, 0.6) is 0 Å². The zero-order valence-electron chi connectivity index (χ0n) is 11.3. The lowest BCUT2D eigenvalue weighted by Crippen LogP contribution is -2.42. The highest BCUT2D eigenvalue weighted by Crippen LogP contribution is 2.35. The van der Waals surface area contributed by atoms with E-state index in [1.165, 1.54) is 25.7 Å². The van der Waals surface area contributed by atoms with E-state index in [9.17, 15) is 0 Å². The van der Waals surface area contributed by atoms with E-state index < -0.39 is 0 Å². The first-order valence-corrected chi connectivity index (χ1v) is 7.83. The van der Waals surface area contributed by atoms with Crippen LogP contribution in [0.2, 0.25) is 0 Å². The van der Waals surface area contributed by atoms with E-state index in [4.69, 9.17) is 0 Å². The van der Waals surface area contributed by atoms with E-state index in [2.05, 4.69) is 29.1 Å². The van der Waals surface area contributed by atoms with Gasteiger partial charge in [-0.3, -0.25) is 4.98 Å². The van der Waals surface area contributed by atoms with Crippen LogP contribution < -0.4 is 5.32 Å². The van der Waals surface area contributed by atoms with Crippen LogP contribution in [0.25, 0.3) is 0 Å². The van der Waals surface area contributed by atoms with Gasteiger partial charge in [0, 0.05) is 23.7 Å². The summed E-state index contributed by atoms with van der Waals surface area (Å²) < 4.78 is 0. The Kier molecular flexibility index (Phi) is 5.45. The number of hydrogen-bond acceptors (Lipinski definition) is 4. The maximum absolute atomic E-state index is 4.39. The molecule has 1 aromatic rings. The van der Waals surface area contributed by atoms with Crippen LogP contribution in [0.4, 0.5) is 0 Å². The molecule has 1 saturated carbocycles. The Morgan fingerprint density at radius 3 is 3.00 bits per heavy atom. The normalized spacial score (nSPS) is 28.2. The van der Waals surface area contributed by atoms with Crippen molar-refractivity contribution < 1.29 is 0 Å². The lowest BCUT2D eigenvalue weighted by atomic mass is 9.87. The summed E-state index contributed by atoms with van der Waals surface area (Å²) in [6.07, 6.45) is 10.5. The first-order valence-electron chi connectivity index (χ1n) is 6.95. The Morgan fingerprint density at radius 2 is 2.28 bits per heavy atom. The lowest BCUT2D eigenvalue weighted by molar-refractivity contribution is 0.317. The molecule has 0 aromatic carbocycles. The third-order valence-electron chi connectivity index (χ3n) is 3.52. The Bertz CT molecular complexity index is 342. The number of aromatic nitrogens is 2. The molecule has 1 fully saturated rings. The number of hydrogen-bond donors (Lipinski definition) is 1. The summed E-state index contributed by atoms with van der Waals surface area (Å²) in [6.45, 7) is 5.71. The second kappa shape index (κ2) is 7.10. The monoisotopic (exact) mass is 265 g/mol. The van der Waals surface area contributed by atoms with E-state index >= 15 is 0 Å². The largest absolute Gasteiger partial charge is 0.313 e. The molecule has 0 bridgehead atoms. The third kappa shape index (κ3) is 3.95. The van der Waals surface area contributed by atoms with Gasteiger partial charge in [0.2, 0.25) is 0 Å². The number of nitrogens with one attached hydrogen (secondary N) is 1. The van der Waals surface area contributed by atoms with E-state index in [0.29, 0.717) is 11.3 Å². The van der Waals surface area contributed by atoms with Crippen molar-refractivity contribution >= 4 is 11.8 Å². The summed E-state index contributed by atoms with van der Waals surface area (Å²) in [4.78, 5) is 8.54. The molecule has 3 nitrogen and oxygen atoms in total. The molecule has 0 amide bonds. The van der Waals surface area contributed by atoms with Crippen LogP contribution in [0, 0.1) is 5.92 Å². The summed E-state index contributed by atoms with van der Waals surface area (Å²) in [5.74, 6) is 0.832. The second-order valence-corrected chi connectivity index (χ2v) is 6.44. The fraction of sp³-hybridized carbons (Fsp3) is 0.714. The second-order valence-electron chi connectivity index (χ2n) is 5.18. The van der Waals surface area contributed by atoms with Gasteiger partial charge in [0.05, 0.1) is 6.20 Å². The molecular weight excluding hydrogens is 242 g/mol. The zero-order chi connectivity index (χ0) is 12.8. The fourth-order valence-electron chi connectivity index (χ4n) is 2.52. The molecule has 3 unspecified atom stereocenters. The number of thioether (sulfide) groups is 1. The quantitative estimate of drug-likeness (QED) is 0.887. The van der Waals surface area contributed by atoms with Gasteiger partial charge in [-0.25, -0.2) is 4.98 Å². The van der Waals surface area contributed by atoms with Crippen LogP contribution in [0.15, 0.2) is 23.6 Å². The molecule has 1 aromatic heterocycles. The number of nitrogens with zero attached hydrogens (tertiary/aromatic N) is 2. The highest BCUT2D eigenvalue weighted by atomic mass is 32.2. The minimum atomic E-state index is 0.633. The molecule has 3 atom stereocenters. The summed E-state index contributed by atoms with van der Waals surface area (Å²) in [6, 6.07) is 0.633. The molecule has 4 heteroatoms. The van der Waals surface area contributed by atoms with Crippen molar-refractivity contribution in [2.45, 2.75) is 55.8 Å². The Hall–Kier alpha value is -0.610. The third-order valence-corrected chi connectivity index (χ3v) is 4.80. The molecule has 1 aliphatic carbocycles. The molecule has 0 aliphatic heterocycles. The maximum Gasteiger partial charge on any atom is 0.115 e. The molecule has 2 rings (SSSR count). The Balaban J connectivity index is 1.96. The van der Waals surface area contributed by atoms with Gasteiger partial charge in [-0.05, 0) is 38.1 Å². The Morgan fingerprint density at radius 1 is 1.39 bits per heavy atom. The predicted molar refractivity (Wildman–Crippen MR) is 76.8 cm³/mol. The van der Waals surface area contributed by atoms with Gasteiger partial charge in [-0.1, -0.05) is 25.6 Å². The molecule has 18 heavy (non-hydrogen) atoms. The van der Waals surface area contributed by atoms with Crippen LogP contribution in [0.1, 0.15) is 39.5 Å². The Labute approximate surface area is 114 Å².